The molecular weight excluding hydrogens is 202 g/mol. The summed E-state index contributed by atoms with van der Waals surface area (Å²) in [5.41, 5.74) is -0.230. The highest BCUT2D eigenvalue weighted by atomic mass is 16.5. The Morgan fingerprint density at radius 1 is 1.67 bits per heavy atom. The van der Waals surface area contributed by atoms with E-state index in [0.717, 1.165) is 0 Å². The van der Waals surface area contributed by atoms with Crippen molar-refractivity contribution in [2.45, 2.75) is 6.54 Å². The normalized spacial score (nSPS) is 14.3. The lowest BCUT2D eigenvalue weighted by Gasteiger charge is -2.13. The molecule has 0 radical (unpaired) electrons. The van der Waals surface area contributed by atoms with E-state index in [2.05, 4.69) is 15.2 Å². The van der Waals surface area contributed by atoms with Crippen molar-refractivity contribution < 1.29 is 19.4 Å². The van der Waals surface area contributed by atoms with Crippen LogP contribution in [0, 0.1) is 0 Å². The maximum Gasteiger partial charge on any atom is 0.362 e. The molecule has 1 aromatic heterocycles. The molecule has 0 aromatic carbocycles. The van der Waals surface area contributed by atoms with Gasteiger partial charge in [-0.3, -0.25) is 9.48 Å². The Balaban J connectivity index is 2.53. The summed E-state index contributed by atoms with van der Waals surface area (Å²) in [6.45, 7) is 0.846. The summed E-state index contributed by atoms with van der Waals surface area (Å²) in [5, 5.41) is 15.9. The van der Waals surface area contributed by atoms with Crippen LogP contribution in [0.3, 0.4) is 0 Å². The van der Waals surface area contributed by atoms with Gasteiger partial charge in [0.1, 0.15) is 0 Å². The lowest BCUT2D eigenvalue weighted by molar-refractivity contribution is 0.0589. The maximum absolute atomic E-state index is 11.3. The molecule has 1 amide bonds. The number of aromatic hydroxyl groups is 1. The molecular formula is C8H9N3O4. The molecule has 0 saturated carbocycles. The second kappa shape index (κ2) is 3.26. The van der Waals surface area contributed by atoms with Gasteiger partial charge in [0, 0.05) is 6.54 Å². The van der Waals surface area contributed by atoms with E-state index >= 15 is 0 Å². The molecule has 7 heteroatoms. The van der Waals surface area contributed by atoms with E-state index in [9.17, 15) is 14.7 Å². The van der Waals surface area contributed by atoms with Crippen LogP contribution in [-0.4, -0.2) is 40.4 Å². The van der Waals surface area contributed by atoms with Crippen LogP contribution in [0.1, 0.15) is 21.0 Å². The zero-order valence-electron chi connectivity index (χ0n) is 7.98. The van der Waals surface area contributed by atoms with Crippen LogP contribution >= 0.6 is 0 Å². The number of nitrogens with zero attached hydrogens (tertiary/aromatic N) is 2. The largest absolute Gasteiger partial charge is 0.503 e. The van der Waals surface area contributed by atoms with Crippen molar-refractivity contribution in [2.75, 3.05) is 13.7 Å². The predicted octanol–water partition coefficient (Wildman–Crippen LogP) is -0.881. The molecule has 0 bridgehead atoms. The van der Waals surface area contributed by atoms with Crippen molar-refractivity contribution in [2.24, 2.45) is 0 Å². The molecule has 1 aliphatic rings. The van der Waals surface area contributed by atoms with Gasteiger partial charge < -0.3 is 15.2 Å². The summed E-state index contributed by atoms with van der Waals surface area (Å²) in [6.07, 6.45) is 0. The number of amides is 1. The smallest absolute Gasteiger partial charge is 0.362 e. The number of fused-ring (bicyclic) bond motifs is 1. The molecule has 1 aromatic rings. The van der Waals surface area contributed by atoms with Crippen molar-refractivity contribution in [3.8, 4) is 5.75 Å². The summed E-state index contributed by atoms with van der Waals surface area (Å²) in [5.74, 6) is -1.64. The summed E-state index contributed by atoms with van der Waals surface area (Å²) in [6, 6.07) is 0. The molecule has 1 aliphatic heterocycles. The summed E-state index contributed by atoms with van der Waals surface area (Å²) >= 11 is 0. The number of ether oxygens (including phenoxy) is 1. The van der Waals surface area contributed by atoms with Gasteiger partial charge in [0.15, 0.2) is 11.4 Å². The summed E-state index contributed by atoms with van der Waals surface area (Å²) in [7, 11) is 1.18. The quantitative estimate of drug-likeness (QED) is 0.588. The van der Waals surface area contributed by atoms with Crippen LogP contribution in [0.5, 0.6) is 5.75 Å². The molecule has 7 nitrogen and oxygen atoms in total. The van der Waals surface area contributed by atoms with Gasteiger partial charge >= 0.3 is 5.97 Å². The monoisotopic (exact) mass is 211 g/mol. The fraction of sp³-hybridized carbons (Fsp3) is 0.375. The number of aromatic nitrogens is 2. The van der Waals surface area contributed by atoms with E-state index in [0.29, 0.717) is 13.1 Å². The van der Waals surface area contributed by atoms with Crippen molar-refractivity contribution >= 4 is 11.9 Å². The van der Waals surface area contributed by atoms with Crippen molar-refractivity contribution in [3.63, 3.8) is 0 Å². The van der Waals surface area contributed by atoms with Crippen LogP contribution in [0.25, 0.3) is 0 Å². The fourth-order valence-corrected chi connectivity index (χ4v) is 1.43. The second-order valence-electron chi connectivity index (χ2n) is 3.02. The number of carbonyl (C=O) groups excluding carboxylic acids is 2. The molecule has 0 aliphatic carbocycles. The number of rotatable bonds is 1. The lowest BCUT2D eigenvalue weighted by atomic mass is 10.2. The first-order valence-electron chi connectivity index (χ1n) is 4.31. The zero-order valence-corrected chi connectivity index (χ0v) is 7.98. The number of methoxy groups -OCH3 is 1. The van der Waals surface area contributed by atoms with Crippen molar-refractivity contribution in [1.82, 2.24) is 15.1 Å². The van der Waals surface area contributed by atoms with E-state index in [4.69, 9.17) is 0 Å². The molecule has 2 heterocycles. The highest BCUT2D eigenvalue weighted by Gasteiger charge is 2.29. The van der Waals surface area contributed by atoms with Gasteiger partial charge in [0.05, 0.1) is 13.7 Å². The minimum atomic E-state index is -0.762. The molecule has 80 valence electrons. The Hall–Kier alpha value is -2.05. The highest BCUT2D eigenvalue weighted by molar-refractivity contribution is 6.00. The van der Waals surface area contributed by atoms with Gasteiger partial charge in [-0.05, 0) is 0 Å². The Morgan fingerprint density at radius 2 is 2.40 bits per heavy atom. The minimum Gasteiger partial charge on any atom is -0.503 e. The van der Waals surface area contributed by atoms with E-state index < -0.39 is 17.6 Å². The number of hydrogen-bond donors (Lipinski definition) is 2. The first kappa shape index (κ1) is 9.50. The first-order valence-corrected chi connectivity index (χ1v) is 4.31. The number of nitrogens with one attached hydrogen (secondary N) is 1. The van der Waals surface area contributed by atoms with Crippen molar-refractivity contribution in [1.29, 1.82) is 0 Å². The third-order valence-corrected chi connectivity index (χ3v) is 2.13. The third-order valence-electron chi connectivity index (χ3n) is 2.13. The summed E-state index contributed by atoms with van der Waals surface area (Å²) in [4.78, 5) is 22.5. The number of carbonyl (C=O) groups is 2. The van der Waals surface area contributed by atoms with Gasteiger partial charge in [-0.25, -0.2) is 4.79 Å². The van der Waals surface area contributed by atoms with Gasteiger partial charge in [-0.1, -0.05) is 0 Å². The molecule has 0 atom stereocenters. The van der Waals surface area contributed by atoms with Gasteiger partial charge in [-0.2, -0.15) is 5.10 Å². The highest BCUT2D eigenvalue weighted by Crippen LogP contribution is 2.24. The molecule has 0 unspecified atom stereocenters. The Kier molecular flexibility index (Phi) is 2.07. The van der Waals surface area contributed by atoms with Crippen LogP contribution in [0.2, 0.25) is 0 Å². The van der Waals surface area contributed by atoms with Gasteiger partial charge in [0.25, 0.3) is 5.91 Å². The molecule has 2 rings (SSSR count). The molecule has 0 fully saturated rings. The molecule has 0 spiro atoms. The lowest BCUT2D eigenvalue weighted by Crippen LogP contribution is -2.35. The summed E-state index contributed by atoms with van der Waals surface area (Å²) < 4.78 is 5.72. The van der Waals surface area contributed by atoms with Crippen molar-refractivity contribution in [3.05, 3.63) is 11.4 Å². The van der Waals surface area contributed by atoms with E-state index in [-0.39, 0.29) is 11.4 Å². The average molecular weight is 211 g/mol. The second-order valence-corrected chi connectivity index (χ2v) is 3.02. The predicted molar refractivity (Wildman–Crippen MR) is 47.6 cm³/mol. The van der Waals surface area contributed by atoms with Crippen LogP contribution in [-0.2, 0) is 11.3 Å². The standard InChI is InChI=1S/C8H9N3O4/c1-15-8(14)4-6(12)5-7(13)9-2-3-11(5)10-4/h12H,2-3H2,1H3,(H,9,13). The van der Waals surface area contributed by atoms with E-state index in [1.165, 1.54) is 11.8 Å². The number of hydrogen-bond acceptors (Lipinski definition) is 5. The van der Waals surface area contributed by atoms with Gasteiger partial charge in [-0.15, -0.1) is 0 Å². The minimum absolute atomic E-state index is 0.00153. The maximum atomic E-state index is 11.3. The molecule has 0 saturated heterocycles. The van der Waals surface area contributed by atoms with Crippen LogP contribution in [0.15, 0.2) is 0 Å². The van der Waals surface area contributed by atoms with Crippen LogP contribution in [0.4, 0.5) is 0 Å². The Bertz CT molecular complexity index is 437. The van der Waals surface area contributed by atoms with Gasteiger partial charge in [0.2, 0.25) is 5.69 Å². The molecule has 15 heavy (non-hydrogen) atoms. The zero-order chi connectivity index (χ0) is 11.0. The average Bonchev–Trinajstić information content (AvgIpc) is 2.56. The topological polar surface area (TPSA) is 93.4 Å². The first-order chi connectivity index (χ1) is 7.15. The fourth-order valence-electron chi connectivity index (χ4n) is 1.43. The molecule has 2 N–H and O–H groups in total. The van der Waals surface area contributed by atoms with E-state index in [1.54, 1.807) is 0 Å². The van der Waals surface area contributed by atoms with Crippen LogP contribution < -0.4 is 5.32 Å². The van der Waals surface area contributed by atoms with E-state index in [1.807, 2.05) is 0 Å². The number of esters is 1. The SMILES string of the molecule is COC(=O)c1nn2c(c1O)C(=O)NCC2. The third kappa shape index (κ3) is 1.32. The Labute approximate surface area is 84.6 Å². The Morgan fingerprint density at radius 3 is 3.00 bits per heavy atom.